The standard InChI is InChI=1S/C16H18N4O3/c1-11(18-15(21)5-8-20-7-2-6-17-20)12-3-4-14-13(9-12)19-16(22)10-23-14/h2-4,6-7,9,11H,5,8,10H2,1H3,(H,18,21)(H,19,22)/t11-/m0/s1. The summed E-state index contributed by atoms with van der Waals surface area (Å²) >= 11 is 0. The molecule has 1 atom stereocenters. The van der Waals surface area contributed by atoms with E-state index in [2.05, 4.69) is 15.7 Å². The molecule has 2 aromatic rings. The summed E-state index contributed by atoms with van der Waals surface area (Å²) in [7, 11) is 0. The fourth-order valence-electron chi connectivity index (χ4n) is 2.42. The Balaban J connectivity index is 1.59. The predicted octanol–water partition coefficient (Wildman–Crippen LogP) is 1.48. The van der Waals surface area contributed by atoms with Crippen LogP contribution in [0.3, 0.4) is 0 Å². The zero-order chi connectivity index (χ0) is 16.2. The van der Waals surface area contributed by atoms with Crippen LogP contribution in [-0.4, -0.2) is 28.2 Å². The van der Waals surface area contributed by atoms with Gasteiger partial charge in [0.25, 0.3) is 5.91 Å². The molecule has 2 amide bonds. The zero-order valence-electron chi connectivity index (χ0n) is 12.8. The van der Waals surface area contributed by atoms with Crippen molar-refractivity contribution in [2.75, 3.05) is 11.9 Å². The van der Waals surface area contributed by atoms with Crippen molar-refractivity contribution in [3.63, 3.8) is 0 Å². The third kappa shape index (κ3) is 3.68. The van der Waals surface area contributed by atoms with Crippen molar-refractivity contribution in [2.24, 2.45) is 0 Å². The molecule has 1 aromatic heterocycles. The molecule has 0 saturated carbocycles. The second-order valence-corrected chi connectivity index (χ2v) is 5.40. The number of nitrogens with zero attached hydrogens (tertiary/aromatic N) is 2. The van der Waals surface area contributed by atoms with Crippen molar-refractivity contribution in [1.29, 1.82) is 0 Å². The molecule has 2 heterocycles. The molecule has 0 fully saturated rings. The largest absolute Gasteiger partial charge is 0.482 e. The van der Waals surface area contributed by atoms with Gasteiger partial charge in [-0.15, -0.1) is 0 Å². The number of nitrogens with one attached hydrogen (secondary N) is 2. The van der Waals surface area contributed by atoms with Crippen LogP contribution in [0.5, 0.6) is 5.75 Å². The first-order valence-corrected chi connectivity index (χ1v) is 7.45. The molecular formula is C16H18N4O3. The van der Waals surface area contributed by atoms with E-state index in [1.54, 1.807) is 16.9 Å². The highest BCUT2D eigenvalue weighted by atomic mass is 16.5. The predicted molar refractivity (Wildman–Crippen MR) is 84.0 cm³/mol. The quantitative estimate of drug-likeness (QED) is 0.875. The molecule has 3 rings (SSSR count). The van der Waals surface area contributed by atoms with Gasteiger partial charge in [0, 0.05) is 25.4 Å². The summed E-state index contributed by atoms with van der Waals surface area (Å²) in [5.74, 6) is 0.419. The maximum absolute atomic E-state index is 12.0. The minimum atomic E-state index is -0.175. The first kappa shape index (κ1) is 15.1. The van der Waals surface area contributed by atoms with Crippen LogP contribution in [0.1, 0.15) is 24.9 Å². The average molecular weight is 314 g/mol. The Morgan fingerprint density at radius 3 is 3.17 bits per heavy atom. The molecule has 1 aliphatic rings. The molecule has 0 radical (unpaired) electrons. The number of fused-ring (bicyclic) bond motifs is 1. The van der Waals surface area contributed by atoms with E-state index in [0.717, 1.165) is 5.56 Å². The third-order valence-corrected chi connectivity index (χ3v) is 3.64. The van der Waals surface area contributed by atoms with Crippen LogP contribution in [0.25, 0.3) is 0 Å². The lowest BCUT2D eigenvalue weighted by molar-refractivity contribution is -0.122. The van der Waals surface area contributed by atoms with Gasteiger partial charge in [-0.25, -0.2) is 0 Å². The summed E-state index contributed by atoms with van der Waals surface area (Å²) in [6.07, 6.45) is 3.86. The molecule has 0 unspecified atom stereocenters. The van der Waals surface area contributed by atoms with Gasteiger partial charge in [-0.2, -0.15) is 5.10 Å². The number of aromatic nitrogens is 2. The summed E-state index contributed by atoms with van der Waals surface area (Å²) in [4.78, 5) is 23.4. The summed E-state index contributed by atoms with van der Waals surface area (Å²) in [6.45, 7) is 2.48. The number of carbonyl (C=O) groups is 2. The van der Waals surface area contributed by atoms with Crippen LogP contribution in [0, 0.1) is 0 Å². The van der Waals surface area contributed by atoms with E-state index >= 15 is 0 Å². The lowest BCUT2D eigenvalue weighted by Crippen LogP contribution is -2.28. The highest BCUT2D eigenvalue weighted by Crippen LogP contribution is 2.30. The van der Waals surface area contributed by atoms with E-state index in [-0.39, 0.29) is 24.5 Å². The second-order valence-electron chi connectivity index (χ2n) is 5.40. The lowest BCUT2D eigenvalue weighted by atomic mass is 10.1. The Bertz CT molecular complexity index is 712. The highest BCUT2D eigenvalue weighted by Gasteiger charge is 2.18. The van der Waals surface area contributed by atoms with E-state index in [9.17, 15) is 9.59 Å². The monoisotopic (exact) mass is 314 g/mol. The summed E-state index contributed by atoms with van der Waals surface area (Å²) in [5.41, 5.74) is 1.54. The molecule has 1 aliphatic heterocycles. The molecule has 7 nitrogen and oxygen atoms in total. The molecule has 23 heavy (non-hydrogen) atoms. The first-order chi connectivity index (χ1) is 11.1. The molecule has 0 aliphatic carbocycles. The Morgan fingerprint density at radius 2 is 2.39 bits per heavy atom. The Morgan fingerprint density at radius 1 is 1.52 bits per heavy atom. The van der Waals surface area contributed by atoms with Gasteiger partial charge in [0.15, 0.2) is 6.61 Å². The lowest BCUT2D eigenvalue weighted by Gasteiger charge is -2.21. The van der Waals surface area contributed by atoms with E-state index < -0.39 is 0 Å². The normalized spacial score (nSPS) is 14.4. The SMILES string of the molecule is C[C@H](NC(=O)CCn1cccn1)c1ccc2c(c1)NC(=O)CO2. The Labute approximate surface area is 133 Å². The number of aryl methyl sites for hydroxylation is 1. The average Bonchev–Trinajstić information content (AvgIpc) is 3.05. The summed E-state index contributed by atoms with van der Waals surface area (Å²) in [6, 6.07) is 7.17. The van der Waals surface area contributed by atoms with Crippen molar-refractivity contribution >= 4 is 17.5 Å². The molecule has 2 N–H and O–H groups in total. The van der Waals surface area contributed by atoms with Gasteiger partial charge in [0.05, 0.1) is 11.7 Å². The van der Waals surface area contributed by atoms with Gasteiger partial charge in [0.2, 0.25) is 5.91 Å². The van der Waals surface area contributed by atoms with E-state index in [1.807, 2.05) is 31.3 Å². The van der Waals surface area contributed by atoms with Crippen LogP contribution in [-0.2, 0) is 16.1 Å². The van der Waals surface area contributed by atoms with Crippen molar-refractivity contribution in [1.82, 2.24) is 15.1 Å². The second kappa shape index (κ2) is 6.51. The molecule has 0 bridgehead atoms. The van der Waals surface area contributed by atoms with Crippen molar-refractivity contribution in [2.45, 2.75) is 25.9 Å². The maximum Gasteiger partial charge on any atom is 0.262 e. The Hall–Kier alpha value is -2.83. The molecule has 0 saturated heterocycles. The molecule has 7 heteroatoms. The molecular weight excluding hydrogens is 296 g/mol. The zero-order valence-corrected chi connectivity index (χ0v) is 12.8. The molecule has 120 valence electrons. The number of benzene rings is 1. The number of amides is 2. The van der Waals surface area contributed by atoms with Crippen LogP contribution >= 0.6 is 0 Å². The van der Waals surface area contributed by atoms with Gasteiger partial charge < -0.3 is 15.4 Å². The number of ether oxygens (including phenoxy) is 1. The van der Waals surface area contributed by atoms with Gasteiger partial charge in [-0.3, -0.25) is 14.3 Å². The van der Waals surface area contributed by atoms with Crippen molar-refractivity contribution in [3.8, 4) is 5.75 Å². The molecule has 1 aromatic carbocycles. The highest BCUT2D eigenvalue weighted by molar-refractivity contribution is 5.95. The van der Waals surface area contributed by atoms with E-state index in [1.165, 1.54) is 0 Å². The number of anilines is 1. The van der Waals surface area contributed by atoms with Crippen LogP contribution in [0.4, 0.5) is 5.69 Å². The topological polar surface area (TPSA) is 85.3 Å². The number of hydrogen-bond acceptors (Lipinski definition) is 4. The van der Waals surface area contributed by atoms with Gasteiger partial charge >= 0.3 is 0 Å². The van der Waals surface area contributed by atoms with Crippen LogP contribution < -0.4 is 15.4 Å². The summed E-state index contributed by atoms with van der Waals surface area (Å²) in [5, 5.41) is 9.77. The van der Waals surface area contributed by atoms with Gasteiger partial charge in [-0.1, -0.05) is 6.07 Å². The van der Waals surface area contributed by atoms with Crippen LogP contribution in [0.2, 0.25) is 0 Å². The van der Waals surface area contributed by atoms with Gasteiger partial charge in [0.1, 0.15) is 5.75 Å². The fraction of sp³-hybridized carbons (Fsp3) is 0.312. The smallest absolute Gasteiger partial charge is 0.262 e. The van der Waals surface area contributed by atoms with Crippen molar-refractivity contribution < 1.29 is 14.3 Å². The van der Waals surface area contributed by atoms with Crippen molar-refractivity contribution in [3.05, 3.63) is 42.2 Å². The Kier molecular flexibility index (Phi) is 4.27. The summed E-state index contributed by atoms with van der Waals surface area (Å²) < 4.78 is 7.04. The number of hydrogen-bond donors (Lipinski definition) is 2. The van der Waals surface area contributed by atoms with E-state index in [4.69, 9.17) is 4.74 Å². The van der Waals surface area contributed by atoms with E-state index in [0.29, 0.717) is 24.4 Å². The van der Waals surface area contributed by atoms with Gasteiger partial charge in [-0.05, 0) is 30.7 Å². The fourth-order valence-corrected chi connectivity index (χ4v) is 2.42. The maximum atomic E-state index is 12.0. The first-order valence-electron chi connectivity index (χ1n) is 7.45. The number of rotatable bonds is 5. The minimum Gasteiger partial charge on any atom is -0.482 e. The molecule has 0 spiro atoms. The van der Waals surface area contributed by atoms with Crippen LogP contribution in [0.15, 0.2) is 36.7 Å². The third-order valence-electron chi connectivity index (χ3n) is 3.64. The minimum absolute atomic E-state index is 0.0338. The number of carbonyl (C=O) groups excluding carboxylic acids is 2.